The van der Waals surface area contributed by atoms with Crippen LogP contribution < -0.4 is 4.90 Å². The highest BCUT2D eigenvalue weighted by molar-refractivity contribution is 8.93. The summed E-state index contributed by atoms with van der Waals surface area (Å²) in [6, 6.07) is 8.93. The van der Waals surface area contributed by atoms with Gasteiger partial charge < -0.3 is 4.90 Å². The van der Waals surface area contributed by atoms with Crippen LogP contribution in [0.1, 0.15) is 64.9 Å². The molecule has 0 N–H and O–H groups in total. The maximum atomic E-state index is 2.46. The maximum Gasteiger partial charge on any atom is 0.0398 e. The highest BCUT2D eigenvalue weighted by atomic mass is 79.9. The van der Waals surface area contributed by atoms with E-state index in [1.54, 1.807) is 0 Å². The van der Waals surface area contributed by atoms with Crippen molar-refractivity contribution in [3.05, 3.63) is 29.8 Å². The molecule has 0 saturated carbocycles. The van der Waals surface area contributed by atoms with E-state index < -0.39 is 0 Å². The fourth-order valence-corrected chi connectivity index (χ4v) is 2.69. The Morgan fingerprint density at radius 2 is 1.40 bits per heavy atom. The zero-order valence-electron chi connectivity index (χ0n) is 13.5. The van der Waals surface area contributed by atoms with E-state index in [2.05, 4.69) is 49.9 Å². The third-order valence-electron chi connectivity index (χ3n) is 3.90. The number of para-hydroxylation sites is 1. The Hall–Kier alpha value is -0.500. The molecule has 0 saturated heterocycles. The van der Waals surface area contributed by atoms with E-state index in [0.717, 1.165) is 13.1 Å². The molecular weight excluding hydrogens is 310 g/mol. The minimum atomic E-state index is 0. The molecule has 20 heavy (non-hydrogen) atoms. The number of halogens is 1. The normalized spacial score (nSPS) is 10.2. The number of anilines is 1. The smallest absolute Gasteiger partial charge is 0.0398 e. The van der Waals surface area contributed by atoms with Crippen LogP contribution in [-0.4, -0.2) is 13.1 Å². The molecule has 2 heteroatoms. The fraction of sp³-hybridized carbons (Fsp3) is 0.667. The molecule has 0 amide bonds. The van der Waals surface area contributed by atoms with Gasteiger partial charge in [0.25, 0.3) is 0 Å². The summed E-state index contributed by atoms with van der Waals surface area (Å²) in [4.78, 5) is 2.46. The van der Waals surface area contributed by atoms with Crippen LogP contribution in [0.5, 0.6) is 0 Å². The topological polar surface area (TPSA) is 3.24 Å². The first kappa shape index (κ1) is 19.5. The second kappa shape index (κ2) is 12.3. The molecule has 116 valence electrons. The summed E-state index contributed by atoms with van der Waals surface area (Å²) in [5.74, 6) is 0. The minimum Gasteiger partial charge on any atom is -0.372 e. The summed E-state index contributed by atoms with van der Waals surface area (Å²) in [6.07, 6.45) is 9.50. The summed E-state index contributed by atoms with van der Waals surface area (Å²) in [5.41, 5.74) is 2.97. The summed E-state index contributed by atoms with van der Waals surface area (Å²) in [7, 11) is 0. The molecule has 0 spiro atoms. The number of rotatable bonds is 10. The summed E-state index contributed by atoms with van der Waals surface area (Å²) < 4.78 is 0. The molecule has 0 atom stereocenters. The van der Waals surface area contributed by atoms with Gasteiger partial charge in [-0.1, -0.05) is 57.2 Å². The van der Waals surface area contributed by atoms with Crippen LogP contribution in [-0.2, 0) is 6.42 Å². The van der Waals surface area contributed by atoms with E-state index in [0.29, 0.717) is 0 Å². The van der Waals surface area contributed by atoms with Gasteiger partial charge in [-0.25, -0.2) is 0 Å². The molecule has 0 unspecified atom stereocenters. The van der Waals surface area contributed by atoms with E-state index >= 15 is 0 Å². The molecule has 0 radical (unpaired) electrons. The molecule has 0 fully saturated rings. The minimum absolute atomic E-state index is 0. The van der Waals surface area contributed by atoms with Gasteiger partial charge in [0.2, 0.25) is 0 Å². The van der Waals surface area contributed by atoms with Crippen molar-refractivity contribution in [2.45, 2.75) is 65.7 Å². The lowest BCUT2D eigenvalue weighted by atomic mass is 10.0. The van der Waals surface area contributed by atoms with Crippen molar-refractivity contribution in [2.75, 3.05) is 18.0 Å². The third kappa shape index (κ3) is 6.78. The van der Waals surface area contributed by atoms with Crippen LogP contribution in [0.3, 0.4) is 0 Å². The van der Waals surface area contributed by atoms with Gasteiger partial charge in [-0.2, -0.15) is 0 Å². The predicted octanol–water partition coefficient (Wildman–Crippen LogP) is 6.01. The molecule has 0 bridgehead atoms. The largest absolute Gasteiger partial charge is 0.372 e. The average molecular weight is 342 g/mol. The van der Waals surface area contributed by atoms with Gasteiger partial charge in [0.1, 0.15) is 0 Å². The van der Waals surface area contributed by atoms with E-state index in [4.69, 9.17) is 0 Å². The highest BCUT2D eigenvalue weighted by Crippen LogP contribution is 2.22. The second-order valence-electron chi connectivity index (χ2n) is 5.32. The lowest BCUT2D eigenvalue weighted by molar-refractivity contribution is 0.607. The SMILES string of the molecule is Br.CCCCCCCCc1ccccc1N(CC)CC. The molecular formula is C18H32BrN. The molecule has 0 aliphatic rings. The number of hydrogen-bond donors (Lipinski definition) is 0. The van der Waals surface area contributed by atoms with Gasteiger partial charge in [0.05, 0.1) is 0 Å². The van der Waals surface area contributed by atoms with Gasteiger partial charge in [-0.15, -0.1) is 17.0 Å². The number of unbranched alkanes of at least 4 members (excludes halogenated alkanes) is 5. The van der Waals surface area contributed by atoms with E-state index in [-0.39, 0.29) is 17.0 Å². The Kier molecular flexibility index (Phi) is 12.0. The van der Waals surface area contributed by atoms with E-state index in [1.807, 2.05) is 0 Å². The monoisotopic (exact) mass is 341 g/mol. The number of nitrogens with zero attached hydrogens (tertiary/aromatic N) is 1. The van der Waals surface area contributed by atoms with Crippen LogP contribution in [0.4, 0.5) is 5.69 Å². The van der Waals surface area contributed by atoms with E-state index in [1.165, 1.54) is 56.2 Å². The Labute approximate surface area is 136 Å². The van der Waals surface area contributed by atoms with Crippen molar-refractivity contribution >= 4 is 22.7 Å². The molecule has 1 aromatic carbocycles. The molecule has 0 aliphatic carbocycles. The van der Waals surface area contributed by atoms with Crippen molar-refractivity contribution in [3.63, 3.8) is 0 Å². The van der Waals surface area contributed by atoms with Crippen LogP contribution in [0.15, 0.2) is 24.3 Å². The van der Waals surface area contributed by atoms with Crippen LogP contribution >= 0.6 is 17.0 Å². The number of benzene rings is 1. The lowest BCUT2D eigenvalue weighted by Gasteiger charge is -2.24. The Morgan fingerprint density at radius 3 is 2.05 bits per heavy atom. The molecule has 0 aromatic heterocycles. The van der Waals surface area contributed by atoms with Gasteiger partial charge in [-0.3, -0.25) is 0 Å². The molecule has 1 rings (SSSR count). The second-order valence-corrected chi connectivity index (χ2v) is 5.32. The fourth-order valence-electron chi connectivity index (χ4n) is 2.69. The van der Waals surface area contributed by atoms with Gasteiger partial charge in [0.15, 0.2) is 0 Å². The Bertz CT molecular complexity index is 334. The summed E-state index contributed by atoms with van der Waals surface area (Å²) in [5, 5.41) is 0. The zero-order chi connectivity index (χ0) is 13.9. The van der Waals surface area contributed by atoms with Gasteiger partial charge in [0, 0.05) is 18.8 Å². The number of aryl methyl sites for hydroxylation is 1. The van der Waals surface area contributed by atoms with Crippen LogP contribution in [0, 0.1) is 0 Å². The quantitative estimate of drug-likeness (QED) is 0.470. The first-order valence-corrected chi connectivity index (χ1v) is 8.16. The summed E-state index contributed by atoms with van der Waals surface area (Å²) >= 11 is 0. The Morgan fingerprint density at radius 1 is 0.800 bits per heavy atom. The van der Waals surface area contributed by atoms with Crippen molar-refractivity contribution in [3.8, 4) is 0 Å². The molecule has 1 nitrogen and oxygen atoms in total. The highest BCUT2D eigenvalue weighted by Gasteiger charge is 2.06. The zero-order valence-corrected chi connectivity index (χ0v) is 15.2. The lowest BCUT2D eigenvalue weighted by Crippen LogP contribution is -2.23. The Balaban J connectivity index is 0.00000361. The standard InChI is InChI=1S/C18H31N.BrH/c1-4-7-8-9-10-11-14-17-15-12-13-16-18(17)19(5-2)6-3;/h12-13,15-16H,4-11,14H2,1-3H3;1H. The molecule has 1 aromatic rings. The van der Waals surface area contributed by atoms with Crippen molar-refractivity contribution in [1.82, 2.24) is 0 Å². The van der Waals surface area contributed by atoms with Crippen molar-refractivity contribution < 1.29 is 0 Å². The third-order valence-corrected chi connectivity index (χ3v) is 3.90. The van der Waals surface area contributed by atoms with Gasteiger partial charge >= 0.3 is 0 Å². The van der Waals surface area contributed by atoms with E-state index in [9.17, 15) is 0 Å². The average Bonchev–Trinajstić information content (AvgIpc) is 2.45. The van der Waals surface area contributed by atoms with Crippen molar-refractivity contribution in [2.24, 2.45) is 0 Å². The molecule has 0 heterocycles. The van der Waals surface area contributed by atoms with Crippen LogP contribution in [0.25, 0.3) is 0 Å². The maximum absolute atomic E-state index is 2.46. The van der Waals surface area contributed by atoms with Gasteiger partial charge in [-0.05, 0) is 38.3 Å². The first-order valence-electron chi connectivity index (χ1n) is 8.16. The predicted molar refractivity (Wildman–Crippen MR) is 97.4 cm³/mol. The van der Waals surface area contributed by atoms with Crippen molar-refractivity contribution in [1.29, 1.82) is 0 Å². The first-order chi connectivity index (χ1) is 9.33. The summed E-state index contributed by atoms with van der Waals surface area (Å²) in [6.45, 7) is 8.96. The number of hydrogen-bond acceptors (Lipinski definition) is 1. The molecule has 0 aliphatic heterocycles. The van der Waals surface area contributed by atoms with Crippen LogP contribution in [0.2, 0.25) is 0 Å².